The van der Waals surface area contributed by atoms with Crippen LogP contribution in [0.2, 0.25) is 0 Å². The van der Waals surface area contributed by atoms with E-state index in [0.717, 1.165) is 0 Å². The third kappa shape index (κ3) is 6.56. The van der Waals surface area contributed by atoms with Crippen molar-refractivity contribution < 1.29 is 28.9 Å². The number of hydrogen-bond donors (Lipinski definition) is 1. The second-order valence-electron chi connectivity index (χ2n) is 5.81. The van der Waals surface area contributed by atoms with Gasteiger partial charge in [-0.25, -0.2) is 9.59 Å². The number of hydrogen-bond acceptors (Lipinski definition) is 6. The number of amides is 2. The van der Waals surface area contributed by atoms with E-state index in [4.69, 9.17) is 15.4 Å². The van der Waals surface area contributed by atoms with Crippen molar-refractivity contribution in [3.8, 4) is 0 Å². The normalized spacial score (nSPS) is 10.0. The Balaban J connectivity index is 2.05. The Morgan fingerprint density at radius 1 is 0.714 bits per heavy atom. The second kappa shape index (κ2) is 10.5. The Bertz CT molecular complexity index is 770. The minimum Gasteiger partial charge on any atom is -0.370 e. The molecule has 0 atom stereocenters. The standard InChI is InChI=1S/C20H20N2O6/c21-17(23)13-7-8-14-18(24)22(27-19(25)15-9-3-1-4-10-15)28-20(26)16-11-5-2-6-12-16/h1-6,9-12H,7-8,13-14H2,(H2,21,23). The molecule has 2 rings (SSSR count). The first-order valence-electron chi connectivity index (χ1n) is 8.63. The highest BCUT2D eigenvalue weighted by Gasteiger charge is 2.25. The minimum atomic E-state index is -0.855. The van der Waals surface area contributed by atoms with E-state index < -0.39 is 23.8 Å². The molecule has 0 spiro atoms. The van der Waals surface area contributed by atoms with Crippen LogP contribution < -0.4 is 5.73 Å². The number of rotatable bonds is 7. The van der Waals surface area contributed by atoms with Crippen LogP contribution >= 0.6 is 0 Å². The first-order chi connectivity index (χ1) is 13.5. The fourth-order valence-corrected chi connectivity index (χ4v) is 2.19. The molecule has 0 aromatic heterocycles. The number of carbonyl (C=O) groups is 4. The summed E-state index contributed by atoms with van der Waals surface area (Å²) in [5.41, 5.74) is 5.43. The summed E-state index contributed by atoms with van der Waals surface area (Å²) in [5.74, 6) is -2.92. The van der Waals surface area contributed by atoms with Crippen LogP contribution in [0.25, 0.3) is 0 Å². The van der Waals surface area contributed by atoms with Crippen molar-refractivity contribution >= 4 is 23.8 Å². The summed E-state index contributed by atoms with van der Waals surface area (Å²) in [6.45, 7) is 0. The van der Waals surface area contributed by atoms with Crippen LogP contribution in [0.4, 0.5) is 0 Å². The van der Waals surface area contributed by atoms with Gasteiger partial charge < -0.3 is 5.73 Å². The van der Waals surface area contributed by atoms with Gasteiger partial charge in [-0.15, -0.1) is 0 Å². The van der Waals surface area contributed by atoms with Crippen LogP contribution in [0.3, 0.4) is 0 Å². The third-order valence-corrected chi connectivity index (χ3v) is 3.62. The number of benzene rings is 2. The Labute approximate surface area is 161 Å². The zero-order chi connectivity index (χ0) is 20.4. The maximum absolute atomic E-state index is 12.4. The van der Waals surface area contributed by atoms with Crippen LogP contribution in [-0.2, 0) is 19.3 Å². The predicted molar refractivity (Wildman–Crippen MR) is 98.2 cm³/mol. The van der Waals surface area contributed by atoms with Gasteiger partial charge in [-0.2, -0.15) is 0 Å². The van der Waals surface area contributed by atoms with Crippen LogP contribution in [-0.4, -0.2) is 29.0 Å². The molecule has 0 saturated heterocycles. The van der Waals surface area contributed by atoms with Gasteiger partial charge >= 0.3 is 11.9 Å². The predicted octanol–water partition coefficient (Wildman–Crippen LogP) is 2.40. The monoisotopic (exact) mass is 384 g/mol. The summed E-state index contributed by atoms with van der Waals surface area (Å²) in [6.07, 6.45) is 0.719. The maximum Gasteiger partial charge on any atom is 0.367 e. The molecule has 0 aliphatic heterocycles. The molecule has 0 fully saturated rings. The highest BCUT2D eigenvalue weighted by molar-refractivity contribution is 5.92. The van der Waals surface area contributed by atoms with E-state index in [0.29, 0.717) is 12.8 Å². The van der Waals surface area contributed by atoms with E-state index >= 15 is 0 Å². The number of nitrogens with zero attached hydrogens (tertiary/aromatic N) is 1. The van der Waals surface area contributed by atoms with Crippen molar-refractivity contribution in [1.82, 2.24) is 5.23 Å². The first kappa shape index (κ1) is 20.6. The fraction of sp³-hybridized carbons (Fsp3) is 0.200. The van der Waals surface area contributed by atoms with Crippen LogP contribution in [0.1, 0.15) is 46.4 Å². The molecule has 0 radical (unpaired) electrons. The average molecular weight is 384 g/mol. The lowest BCUT2D eigenvalue weighted by Crippen LogP contribution is -2.35. The van der Waals surface area contributed by atoms with Crippen LogP contribution in [0.5, 0.6) is 0 Å². The number of unbranched alkanes of at least 4 members (excludes halogenated alkanes) is 1. The summed E-state index contributed by atoms with van der Waals surface area (Å²) in [4.78, 5) is 57.6. The van der Waals surface area contributed by atoms with Crippen LogP contribution in [0, 0.1) is 0 Å². The molecule has 0 unspecified atom stereocenters. The Hall–Kier alpha value is -3.68. The minimum absolute atomic E-state index is 0.0998. The Kier molecular flexibility index (Phi) is 7.71. The smallest absolute Gasteiger partial charge is 0.367 e. The Morgan fingerprint density at radius 3 is 1.57 bits per heavy atom. The number of hydroxylamine groups is 2. The molecule has 0 aliphatic rings. The molecule has 0 bridgehead atoms. The van der Waals surface area contributed by atoms with Gasteiger partial charge in [0.25, 0.3) is 5.91 Å². The van der Waals surface area contributed by atoms with Crippen molar-refractivity contribution in [3.63, 3.8) is 0 Å². The average Bonchev–Trinajstić information content (AvgIpc) is 2.71. The zero-order valence-electron chi connectivity index (χ0n) is 15.1. The second-order valence-corrected chi connectivity index (χ2v) is 5.81. The largest absolute Gasteiger partial charge is 0.370 e. The van der Waals surface area contributed by atoms with Gasteiger partial charge in [-0.05, 0) is 37.1 Å². The van der Waals surface area contributed by atoms with Crippen molar-refractivity contribution in [3.05, 3.63) is 71.8 Å². The topological polar surface area (TPSA) is 116 Å². The molecule has 2 aromatic carbocycles. The van der Waals surface area contributed by atoms with Gasteiger partial charge in [0.2, 0.25) is 5.91 Å². The van der Waals surface area contributed by atoms with Crippen LogP contribution in [0.15, 0.2) is 60.7 Å². The molecule has 0 heterocycles. The van der Waals surface area contributed by atoms with Gasteiger partial charge in [0.1, 0.15) is 0 Å². The SMILES string of the molecule is NC(=O)CCCCC(=O)N(OC(=O)c1ccccc1)OC(=O)c1ccccc1. The van der Waals surface area contributed by atoms with Gasteiger partial charge in [-0.1, -0.05) is 36.4 Å². The quantitative estimate of drug-likeness (QED) is 0.579. The molecule has 2 aromatic rings. The maximum atomic E-state index is 12.4. The van der Waals surface area contributed by atoms with E-state index in [1.165, 1.54) is 24.3 Å². The number of primary amides is 1. The molecular weight excluding hydrogens is 364 g/mol. The fourth-order valence-electron chi connectivity index (χ4n) is 2.19. The van der Waals surface area contributed by atoms with Gasteiger partial charge in [0.05, 0.1) is 11.1 Å². The summed E-state index contributed by atoms with van der Waals surface area (Å²) in [6, 6.07) is 15.9. The zero-order valence-corrected chi connectivity index (χ0v) is 15.1. The van der Waals surface area contributed by atoms with E-state index in [1.54, 1.807) is 36.4 Å². The summed E-state index contributed by atoms with van der Waals surface area (Å²) < 4.78 is 0. The van der Waals surface area contributed by atoms with E-state index in [-0.39, 0.29) is 29.2 Å². The summed E-state index contributed by atoms with van der Waals surface area (Å²) >= 11 is 0. The highest BCUT2D eigenvalue weighted by Crippen LogP contribution is 2.11. The summed E-state index contributed by atoms with van der Waals surface area (Å²) in [5, 5.41) is 0.287. The number of nitrogens with two attached hydrogens (primary N) is 1. The lowest BCUT2D eigenvalue weighted by atomic mass is 10.2. The lowest BCUT2D eigenvalue weighted by Gasteiger charge is -2.19. The highest BCUT2D eigenvalue weighted by atomic mass is 17.0. The van der Waals surface area contributed by atoms with Gasteiger partial charge in [-0.3, -0.25) is 19.3 Å². The van der Waals surface area contributed by atoms with Crippen molar-refractivity contribution in [2.45, 2.75) is 25.7 Å². The van der Waals surface area contributed by atoms with Gasteiger partial charge in [0, 0.05) is 18.1 Å². The molecule has 2 amide bonds. The lowest BCUT2D eigenvalue weighted by molar-refractivity contribution is -0.279. The number of carbonyl (C=O) groups excluding carboxylic acids is 4. The van der Waals surface area contributed by atoms with Gasteiger partial charge in [0.15, 0.2) is 0 Å². The molecule has 8 heteroatoms. The molecule has 0 aliphatic carbocycles. The van der Waals surface area contributed by atoms with E-state index in [9.17, 15) is 19.2 Å². The van der Waals surface area contributed by atoms with Crippen molar-refractivity contribution in [1.29, 1.82) is 0 Å². The molecule has 146 valence electrons. The van der Waals surface area contributed by atoms with Crippen molar-refractivity contribution in [2.75, 3.05) is 0 Å². The van der Waals surface area contributed by atoms with E-state index in [1.807, 2.05) is 0 Å². The molecule has 28 heavy (non-hydrogen) atoms. The molecule has 8 nitrogen and oxygen atoms in total. The van der Waals surface area contributed by atoms with E-state index in [2.05, 4.69) is 0 Å². The summed E-state index contributed by atoms with van der Waals surface area (Å²) in [7, 11) is 0. The molecular formula is C20H20N2O6. The molecule has 2 N–H and O–H groups in total. The molecule has 0 saturated carbocycles. The van der Waals surface area contributed by atoms with Crippen molar-refractivity contribution in [2.24, 2.45) is 5.73 Å². The first-order valence-corrected chi connectivity index (χ1v) is 8.63. The third-order valence-electron chi connectivity index (χ3n) is 3.62. The Morgan fingerprint density at radius 2 is 1.14 bits per heavy atom.